The lowest BCUT2D eigenvalue weighted by Gasteiger charge is -2.17. The summed E-state index contributed by atoms with van der Waals surface area (Å²) in [7, 11) is 0. The molecule has 0 radical (unpaired) electrons. The van der Waals surface area contributed by atoms with Gasteiger partial charge in [-0.2, -0.15) is 13.2 Å². The van der Waals surface area contributed by atoms with Gasteiger partial charge in [-0.25, -0.2) is 0 Å². The second-order valence-electron chi connectivity index (χ2n) is 3.84. The molecule has 0 aliphatic carbocycles. The van der Waals surface area contributed by atoms with Gasteiger partial charge in [-0.3, -0.25) is 0 Å². The molecule has 1 atom stereocenters. The van der Waals surface area contributed by atoms with Gasteiger partial charge in [0.2, 0.25) is 0 Å². The lowest BCUT2D eigenvalue weighted by Crippen LogP contribution is -2.12. The summed E-state index contributed by atoms with van der Waals surface area (Å²) < 4.78 is 38.8. The molecule has 1 aromatic rings. The van der Waals surface area contributed by atoms with Crippen molar-refractivity contribution in [2.75, 3.05) is 0 Å². The molecule has 0 saturated heterocycles. The van der Waals surface area contributed by atoms with Gasteiger partial charge in [0.1, 0.15) is 0 Å². The van der Waals surface area contributed by atoms with Crippen molar-refractivity contribution in [1.29, 1.82) is 0 Å². The molecule has 1 nitrogen and oxygen atoms in total. The zero-order chi connectivity index (χ0) is 13.8. The van der Waals surface area contributed by atoms with Crippen LogP contribution in [0.25, 0.3) is 0 Å². The second-order valence-corrected chi connectivity index (χ2v) is 4.76. The summed E-state index contributed by atoms with van der Waals surface area (Å²) in [4.78, 5) is 0. The van der Waals surface area contributed by atoms with Crippen molar-refractivity contribution >= 4 is 15.9 Å². The van der Waals surface area contributed by atoms with Crippen molar-refractivity contribution in [3.05, 3.63) is 33.8 Å². The summed E-state index contributed by atoms with van der Waals surface area (Å²) >= 11 is 2.99. The van der Waals surface area contributed by atoms with Crippen LogP contribution in [0.1, 0.15) is 36.5 Å². The van der Waals surface area contributed by atoms with E-state index in [0.29, 0.717) is 17.3 Å². The Morgan fingerprint density at radius 1 is 1.39 bits per heavy atom. The summed E-state index contributed by atoms with van der Waals surface area (Å²) in [6.45, 7) is 0. The predicted octanol–water partition coefficient (Wildman–Crippen LogP) is 4.30. The molecule has 0 aliphatic heterocycles. The number of unbranched alkanes of at least 4 members (excludes halogenated alkanes) is 1. The van der Waals surface area contributed by atoms with Crippen molar-refractivity contribution in [1.82, 2.24) is 0 Å². The number of terminal acetylenes is 1. The average Bonchev–Trinajstić information content (AvgIpc) is 2.28. The molecule has 0 saturated carbocycles. The maximum absolute atomic E-state index is 12.8. The molecule has 0 fully saturated rings. The van der Waals surface area contributed by atoms with Gasteiger partial charge in [-0.1, -0.05) is 22.0 Å². The fourth-order valence-electron chi connectivity index (χ4n) is 1.62. The van der Waals surface area contributed by atoms with Crippen molar-refractivity contribution in [3.63, 3.8) is 0 Å². The van der Waals surface area contributed by atoms with Crippen LogP contribution in [0.3, 0.4) is 0 Å². The van der Waals surface area contributed by atoms with Gasteiger partial charge in [-0.05, 0) is 30.5 Å². The molecule has 0 aliphatic rings. The summed E-state index contributed by atoms with van der Waals surface area (Å²) in [6.07, 6.45) is 0.572. The minimum absolute atomic E-state index is 0.109. The van der Waals surface area contributed by atoms with Crippen LogP contribution < -0.4 is 0 Å². The molecule has 0 amide bonds. The van der Waals surface area contributed by atoms with Crippen LogP contribution in [0.2, 0.25) is 0 Å². The number of aliphatic hydroxyl groups is 1. The van der Waals surface area contributed by atoms with Gasteiger partial charge in [0.25, 0.3) is 0 Å². The van der Waals surface area contributed by atoms with E-state index in [1.54, 1.807) is 0 Å². The molecular formula is C13H12BrF3O. The Balaban J connectivity index is 2.98. The van der Waals surface area contributed by atoms with Crippen LogP contribution in [0.15, 0.2) is 22.7 Å². The van der Waals surface area contributed by atoms with E-state index < -0.39 is 17.8 Å². The highest BCUT2D eigenvalue weighted by atomic mass is 79.9. The highest BCUT2D eigenvalue weighted by molar-refractivity contribution is 9.10. The number of alkyl halides is 3. The Hall–Kier alpha value is -0.990. The summed E-state index contributed by atoms with van der Waals surface area (Å²) in [5, 5.41) is 9.80. The Morgan fingerprint density at radius 3 is 2.61 bits per heavy atom. The normalized spacial score (nSPS) is 13.1. The number of rotatable bonds is 4. The van der Waals surface area contributed by atoms with Crippen LogP contribution in [-0.4, -0.2) is 5.11 Å². The molecular weight excluding hydrogens is 309 g/mol. The standard InChI is InChI=1S/C13H12BrF3O/c1-2-3-4-5-12(18)10-7-6-9(14)8-11(10)13(15,16)17/h1,6-8,12,18H,3-5H2. The molecule has 18 heavy (non-hydrogen) atoms. The number of hydrogen-bond donors (Lipinski definition) is 1. The minimum Gasteiger partial charge on any atom is -0.388 e. The van der Waals surface area contributed by atoms with Crippen LogP contribution in [-0.2, 0) is 6.18 Å². The molecule has 0 spiro atoms. The third-order valence-electron chi connectivity index (χ3n) is 2.48. The number of benzene rings is 1. The Morgan fingerprint density at radius 2 is 2.06 bits per heavy atom. The van der Waals surface area contributed by atoms with Crippen molar-refractivity contribution in [2.45, 2.75) is 31.5 Å². The second kappa shape index (κ2) is 6.26. The number of aliphatic hydroxyl groups excluding tert-OH is 1. The van der Waals surface area contributed by atoms with E-state index in [1.807, 2.05) is 0 Å². The molecule has 0 heterocycles. The maximum atomic E-state index is 12.8. The van der Waals surface area contributed by atoms with Gasteiger partial charge in [0, 0.05) is 10.9 Å². The molecule has 1 N–H and O–H groups in total. The van der Waals surface area contributed by atoms with E-state index in [-0.39, 0.29) is 12.0 Å². The molecule has 0 bridgehead atoms. The smallest absolute Gasteiger partial charge is 0.388 e. The zero-order valence-corrected chi connectivity index (χ0v) is 11.1. The van der Waals surface area contributed by atoms with E-state index >= 15 is 0 Å². The lowest BCUT2D eigenvalue weighted by molar-refractivity contribution is -0.139. The van der Waals surface area contributed by atoms with Gasteiger partial charge >= 0.3 is 6.18 Å². The third kappa shape index (κ3) is 4.04. The molecule has 0 aromatic heterocycles. The van der Waals surface area contributed by atoms with Crippen LogP contribution in [0.5, 0.6) is 0 Å². The van der Waals surface area contributed by atoms with Crippen molar-refractivity contribution in [3.8, 4) is 12.3 Å². The number of hydrogen-bond acceptors (Lipinski definition) is 1. The quantitative estimate of drug-likeness (QED) is 0.647. The van der Waals surface area contributed by atoms with Crippen LogP contribution >= 0.6 is 15.9 Å². The van der Waals surface area contributed by atoms with Crippen LogP contribution in [0.4, 0.5) is 13.2 Å². The van der Waals surface area contributed by atoms with E-state index in [0.717, 1.165) is 6.07 Å². The Kier molecular flexibility index (Phi) is 5.24. The first-order valence-electron chi connectivity index (χ1n) is 5.34. The van der Waals surface area contributed by atoms with E-state index in [2.05, 4.69) is 21.9 Å². The zero-order valence-electron chi connectivity index (χ0n) is 9.47. The van der Waals surface area contributed by atoms with Crippen molar-refractivity contribution < 1.29 is 18.3 Å². The van der Waals surface area contributed by atoms with E-state index in [1.165, 1.54) is 12.1 Å². The SMILES string of the molecule is C#CCCCC(O)c1ccc(Br)cc1C(F)(F)F. The Bertz CT molecular complexity index is 449. The summed E-state index contributed by atoms with van der Waals surface area (Å²) in [5.41, 5.74) is -0.923. The molecule has 5 heteroatoms. The fourth-order valence-corrected chi connectivity index (χ4v) is 1.98. The lowest BCUT2D eigenvalue weighted by atomic mass is 9.98. The summed E-state index contributed by atoms with van der Waals surface area (Å²) in [6, 6.07) is 3.74. The predicted molar refractivity (Wildman–Crippen MR) is 66.8 cm³/mol. The average molecular weight is 321 g/mol. The van der Waals surface area contributed by atoms with Gasteiger partial charge in [0.15, 0.2) is 0 Å². The largest absolute Gasteiger partial charge is 0.416 e. The minimum atomic E-state index is -4.48. The third-order valence-corrected chi connectivity index (χ3v) is 2.97. The first-order valence-corrected chi connectivity index (χ1v) is 6.13. The first-order chi connectivity index (χ1) is 8.36. The van der Waals surface area contributed by atoms with Gasteiger partial charge in [0.05, 0.1) is 11.7 Å². The molecule has 1 unspecified atom stereocenters. The Labute approximate surface area is 112 Å². The molecule has 98 valence electrons. The van der Waals surface area contributed by atoms with Crippen LogP contribution in [0, 0.1) is 12.3 Å². The topological polar surface area (TPSA) is 20.2 Å². The van der Waals surface area contributed by atoms with Gasteiger partial charge < -0.3 is 5.11 Å². The molecule has 1 rings (SSSR count). The van der Waals surface area contributed by atoms with E-state index in [4.69, 9.17) is 6.42 Å². The highest BCUT2D eigenvalue weighted by Crippen LogP contribution is 2.37. The monoisotopic (exact) mass is 320 g/mol. The maximum Gasteiger partial charge on any atom is 0.416 e. The van der Waals surface area contributed by atoms with Gasteiger partial charge in [-0.15, -0.1) is 12.3 Å². The number of halogens is 4. The van der Waals surface area contributed by atoms with Crippen molar-refractivity contribution in [2.24, 2.45) is 0 Å². The molecule has 1 aromatic carbocycles. The first kappa shape index (κ1) is 15.1. The fraction of sp³-hybridized carbons (Fsp3) is 0.385. The highest BCUT2D eigenvalue weighted by Gasteiger charge is 2.35. The van der Waals surface area contributed by atoms with E-state index in [9.17, 15) is 18.3 Å². The summed E-state index contributed by atoms with van der Waals surface area (Å²) in [5.74, 6) is 2.39.